The van der Waals surface area contributed by atoms with Crippen molar-refractivity contribution >= 4 is 57.9 Å². The number of benzene rings is 2. The molecular weight excluding hydrogens is 355 g/mol. The van der Waals surface area contributed by atoms with E-state index in [0.29, 0.717) is 26.8 Å². The number of para-hydroxylation sites is 1. The molecule has 0 radical (unpaired) electrons. The summed E-state index contributed by atoms with van der Waals surface area (Å²) in [5, 5.41) is 7.79. The smallest absolute Gasteiger partial charge is 0.229 e. The molecule has 7 heteroatoms. The van der Waals surface area contributed by atoms with Crippen molar-refractivity contribution in [3.63, 3.8) is 0 Å². The first-order valence-electron chi connectivity index (χ1n) is 6.68. The number of aromatic nitrogens is 2. The maximum atomic E-state index is 6.12. The third kappa shape index (κ3) is 4.05. The molecule has 23 heavy (non-hydrogen) atoms. The Morgan fingerprint density at radius 3 is 2.39 bits per heavy atom. The lowest BCUT2D eigenvalue weighted by atomic mass is 10.3. The van der Waals surface area contributed by atoms with Gasteiger partial charge in [-0.25, -0.2) is 4.98 Å². The SMILES string of the molecule is Clc1ccc(Nc2ccnc(Nc3ccccc3Cl)n2)cc1Cl. The third-order valence-corrected chi connectivity index (χ3v) is 4.04. The van der Waals surface area contributed by atoms with E-state index in [0.717, 1.165) is 11.4 Å². The van der Waals surface area contributed by atoms with Crippen LogP contribution in [0.25, 0.3) is 0 Å². The van der Waals surface area contributed by atoms with Gasteiger partial charge in [0.25, 0.3) is 0 Å². The Morgan fingerprint density at radius 1 is 0.783 bits per heavy atom. The summed E-state index contributed by atoms with van der Waals surface area (Å²) in [5.41, 5.74) is 1.52. The van der Waals surface area contributed by atoms with Gasteiger partial charge in [-0.1, -0.05) is 46.9 Å². The van der Waals surface area contributed by atoms with Gasteiger partial charge in [-0.05, 0) is 36.4 Å². The molecule has 0 bridgehead atoms. The lowest BCUT2D eigenvalue weighted by Gasteiger charge is -2.10. The molecule has 0 saturated heterocycles. The number of hydrogen-bond donors (Lipinski definition) is 2. The molecule has 1 aromatic heterocycles. The van der Waals surface area contributed by atoms with Gasteiger partial charge < -0.3 is 10.6 Å². The zero-order valence-corrected chi connectivity index (χ0v) is 14.0. The summed E-state index contributed by atoms with van der Waals surface area (Å²) in [6, 6.07) is 14.4. The molecule has 3 rings (SSSR count). The molecule has 0 aliphatic rings. The number of rotatable bonds is 4. The predicted molar refractivity (Wildman–Crippen MR) is 96.5 cm³/mol. The van der Waals surface area contributed by atoms with Gasteiger partial charge in [0.15, 0.2) is 0 Å². The Balaban J connectivity index is 1.79. The topological polar surface area (TPSA) is 49.8 Å². The quantitative estimate of drug-likeness (QED) is 0.602. The highest BCUT2D eigenvalue weighted by Crippen LogP contribution is 2.27. The number of anilines is 4. The standard InChI is InChI=1S/C16H11Cl3N4/c17-11-6-5-10(9-13(11)19)21-15-7-8-20-16(23-15)22-14-4-2-1-3-12(14)18/h1-9H,(H2,20,21,22,23). The number of nitrogens with zero attached hydrogens (tertiary/aromatic N) is 2. The summed E-state index contributed by atoms with van der Waals surface area (Å²) in [7, 11) is 0. The van der Waals surface area contributed by atoms with Crippen LogP contribution in [0.5, 0.6) is 0 Å². The number of nitrogens with one attached hydrogen (secondary N) is 2. The van der Waals surface area contributed by atoms with Gasteiger partial charge in [0.1, 0.15) is 5.82 Å². The van der Waals surface area contributed by atoms with Crippen molar-refractivity contribution in [1.82, 2.24) is 9.97 Å². The van der Waals surface area contributed by atoms with Crippen LogP contribution in [-0.2, 0) is 0 Å². The Kier molecular flexibility index (Phi) is 4.86. The second kappa shape index (κ2) is 7.04. The van der Waals surface area contributed by atoms with Crippen LogP contribution < -0.4 is 10.6 Å². The highest BCUT2D eigenvalue weighted by Gasteiger charge is 2.04. The van der Waals surface area contributed by atoms with Crippen LogP contribution >= 0.6 is 34.8 Å². The third-order valence-electron chi connectivity index (χ3n) is 2.97. The molecule has 0 spiro atoms. The van der Waals surface area contributed by atoms with Crippen molar-refractivity contribution in [2.75, 3.05) is 10.6 Å². The summed E-state index contributed by atoms with van der Waals surface area (Å²) in [6.45, 7) is 0. The van der Waals surface area contributed by atoms with Gasteiger partial charge in [-0.15, -0.1) is 0 Å². The van der Waals surface area contributed by atoms with Gasteiger partial charge in [0.05, 0.1) is 20.8 Å². The van der Waals surface area contributed by atoms with E-state index in [9.17, 15) is 0 Å². The first kappa shape index (κ1) is 15.9. The highest BCUT2D eigenvalue weighted by atomic mass is 35.5. The predicted octanol–water partition coefficient (Wildman–Crippen LogP) is 5.92. The Bertz CT molecular complexity index is 839. The van der Waals surface area contributed by atoms with E-state index in [2.05, 4.69) is 20.6 Å². The average molecular weight is 366 g/mol. The minimum atomic E-state index is 0.433. The monoisotopic (exact) mass is 364 g/mol. The fraction of sp³-hybridized carbons (Fsp3) is 0. The van der Waals surface area contributed by atoms with Crippen molar-refractivity contribution in [3.8, 4) is 0 Å². The molecule has 0 fully saturated rings. The van der Waals surface area contributed by atoms with Gasteiger partial charge >= 0.3 is 0 Å². The molecule has 116 valence electrons. The number of hydrogen-bond acceptors (Lipinski definition) is 4. The van der Waals surface area contributed by atoms with Crippen molar-refractivity contribution < 1.29 is 0 Å². The molecule has 0 amide bonds. The van der Waals surface area contributed by atoms with Crippen LogP contribution in [0.3, 0.4) is 0 Å². The van der Waals surface area contributed by atoms with Crippen molar-refractivity contribution in [2.24, 2.45) is 0 Å². The Hall–Kier alpha value is -2.01. The molecule has 0 saturated carbocycles. The Labute approximate surface area is 148 Å². The van der Waals surface area contributed by atoms with Gasteiger partial charge in [-0.3, -0.25) is 0 Å². The van der Waals surface area contributed by atoms with E-state index in [-0.39, 0.29) is 0 Å². The summed E-state index contributed by atoms with van der Waals surface area (Å²) in [5.74, 6) is 1.05. The van der Waals surface area contributed by atoms with Crippen molar-refractivity contribution in [3.05, 3.63) is 69.8 Å². The van der Waals surface area contributed by atoms with Gasteiger partial charge in [-0.2, -0.15) is 4.98 Å². The molecule has 3 aromatic rings. The van der Waals surface area contributed by atoms with E-state index in [1.807, 2.05) is 24.3 Å². The van der Waals surface area contributed by atoms with Crippen molar-refractivity contribution in [1.29, 1.82) is 0 Å². The molecule has 2 aromatic carbocycles. The summed E-state index contributed by atoms with van der Waals surface area (Å²) in [6.07, 6.45) is 1.64. The molecule has 0 aliphatic heterocycles. The molecule has 4 nitrogen and oxygen atoms in total. The molecule has 1 heterocycles. The van der Waals surface area contributed by atoms with Gasteiger partial charge in [0, 0.05) is 11.9 Å². The molecule has 0 aliphatic carbocycles. The second-order valence-corrected chi connectivity index (χ2v) is 5.85. The Morgan fingerprint density at radius 2 is 1.61 bits per heavy atom. The highest BCUT2D eigenvalue weighted by molar-refractivity contribution is 6.42. The number of halogens is 3. The first-order valence-corrected chi connectivity index (χ1v) is 7.82. The average Bonchev–Trinajstić information content (AvgIpc) is 2.54. The molecule has 0 atom stereocenters. The second-order valence-electron chi connectivity index (χ2n) is 4.62. The lowest BCUT2D eigenvalue weighted by Crippen LogP contribution is -2.00. The minimum absolute atomic E-state index is 0.433. The zero-order valence-electron chi connectivity index (χ0n) is 11.7. The maximum Gasteiger partial charge on any atom is 0.229 e. The largest absolute Gasteiger partial charge is 0.340 e. The maximum absolute atomic E-state index is 6.12. The van der Waals surface area contributed by atoms with E-state index in [1.54, 1.807) is 30.5 Å². The fourth-order valence-electron chi connectivity index (χ4n) is 1.89. The lowest BCUT2D eigenvalue weighted by molar-refractivity contribution is 1.17. The van der Waals surface area contributed by atoms with E-state index >= 15 is 0 Å². The van der Waals surface area contributed by atoms with Crippen LogP contribution in [0.4, 0.5) is 23.1 Å². The van der Waals surface area contributed by atoms with Crippen LogP contribution in [0.1, 0.15) is 0 Å². The van der Waals surface area contributed by atoms with E-state index in [1.165, 1.54) is 0 Å². The van der Waals surface area contributed by atoms with E-state index < -0.39 is 0 Å². The normalized spacial score (nSPS) is 10.4. The van der Waals surface area contributed by atoms with Crippen LogP contribution in [0.2, 0.25) is 15.1 Å². The fourth-order valence-corrected chi connectivity index (χ4v) is 2.37. The zero-order chi connectivity index (χ0) is 16.2. The molecule has 0 unspecified atom stereocenters. The minimum Gasteiger partial charge on any atom is -0.340 e. The van der Waals surface area contributed by atoms with Crippen LogP contribution in [0, 0.1) is 0 Å². The molecule has 2 N–H and O–H groups in total. The van der Waals surface area contributed by atoms with Gasteiger partial charge in [0.2, 0.25) is 5.95 Å². The first-order chi connectivity index (χ1) is 11.1. The summed E-state index contributed by atoms with van der Waals surface area (Å²) < 4.78 is 0. The van der Waals surface area contributed by atoms with Crippen LogP contribution in [-0.4, -0.2) is 9.97 Å². The van der Waals surface area contributed by atoms with E-state index in [4.69, 9.17) is 34.8 Å². The summed E-state index contributed by atoms with van der Waals surface area (Å²) >= 11 is 18.0. The molecular formula is C16H11Cl3N4. The summed E-state index contributed by atoms with van der Waals surface area (Å²) in [4.78, 5) is 8.57. The van der Waals surface area contributed by atoms with Crippen LogP contribution in [0.15, 0.2) is 54.7 Å². The van der Waals surface area contributed by atoms with Crippen molar-refractivity contribution in [2.45, 2.75) is 0 Å².